The van der Waals surface area contributed by atoms with Gasteiger partial charge in [0, 0.05) is 0 Å². The summed E-state index contributed by atoms with van der Waals surface area (Å²) < 4.78 is 14.4. The molecule has 0 aliphatic carbocycles. The zero-order valence-corrected chi connectivity index (χ0v) is 10.1. The van der Waals surface area contributed by atoms with Crippen molar-refractivity contribution in [1.29, 1.82) is 0 Å². The highest BCUT2D eigenvalue weighted by Crippen LogP contribution is 2.13. The lowest BCUT2D eigenvalue weighted by atomic mass is 10.1. The molecule has 0 spiro atoms. The summed E-state index contributed by atoms with van der Waals surface area (Å²) in [6.07, 6.45) is 2.19. The molecule has 1 atom stereocenters. The molecule has 0 N–H and O–H groups in total. The summed E-state index contributed by atoms with van der Waals surface area (Å²) in [6.45, 7) is 3.86. The van der Waals surface area contributed by atoms with E-state index in [2.05, 4.69) is 4.74 Å². The summed E-state index contributed by atoms with van der Waals surface area (Å²) >= 11 is 0. The molecule has 1 aromatic heterocycles. The van der Waals surface area contributed by atoms with E-state index in [1.807, 2.05) is 13.8 Å². The van der Waals surface area contributed by atoms with Gasteiger partial charge in [-0.25, -0.2) is 9.59 Å². The van der Waals surface area contributed by atoms with Gasteiger partial charge < -0.3 is 13.9 Å². The van der Waals surface area contributed by atoms with Crippen LogP contribution in [0.1, 0.15) is 30.6 Å². The Kier molecular flexibility index (Phi) is 4.75. The lowest BCUT2D eigenvalue weighted by Gasteiger charge is -2.16. The SMILES string of the molecule is COC(=O)C(CC(C)C)OC(=O)c1ccoc1. The zero-order chi connectivity index (χ0) is 12.8. The van der Waals surface area contributed by atoms with E-state index in [0.29, 0.717) is 6.42 Å². The van der Waals surface area contributed by atoms with Gasteiger partial charge in [0.25, 0.3) is 0 Å². The van der Waals surface area contributed by atoms with Crippen LogP contribution >= 0.6 is 0 Å². The van der Waals surface area contributed by atoms with Crippen LogP contribution in [0.4, 0.5) is 0 Å². The molecule has 0 radical (unpaired) electrons. The van der Waals surface area contributed by atoms with Gasteiger partial charge >= 0.3 is 11.9 Å². The third-order valence-corrected chi connectivity index (χ3v) is 2.16. The van der Waals surface area contributed by atoms with E-state index >= 15 is 0 Å². The molecule has 1 heterocycles. The van der Waals surface area contributed by atoms with Crippen molar-refractivity contribution in [1.82, 2.24) is 0 Å². The molecule has 1 aromatic rings. The maximum absolute atomic E-state index is 11.6. The molecule has 5 heteroatoms. The highest BCUT2D eigenvalue weighted by molar-refractivity contribution is 5.91. The topological polar surface area (TPSA) is 65.7 Å². The number of carbonyl (C=O) groups excluding carboxylic acids is 2. The molecule has 5 nitrogen and oxygen atoms in total. The Hall–Kier alpha value is -1.78. The van der Waals surface area contributed by atoms with Crippen LogP contribution in [0, 0.1) is 5.92 Å². The normalized spacial score (nSPS) is 12.2. The van der Waals surface area contributed by atoms with Crippen molar-refractivity contribution in [2.45, 2.75) is 26.4 Å². The van der Waals surface area contributed by atoms with Crippen LogP contribution in [0.15, 0.2) is 23.0 Å². The van der Waals surface area contributed by atoms with Crippen molar-refractivity contribution >= 4 is 11.9 Å². The lowest BCUT2D eigenvalue weighted by Crippen LogP contribution is -2.29. The van der Waals surface area contributed by atoms with Crippen molar-refractivity contribution in [3.63, 3.8) is 0 Å². The fourth-order valence-corrected chi connectivity index (χ4v) is 1.33. The molecule has 0 fully saturated rings. The monoisotopic (exact) mass is 240 g/mol. The van der Waals surface area contributed by atoms with Gasteiger partial charge in [0.2, 0.25) is 0 Å². The minimum Gasteiger partial charge on any atom is -0.472 e. The number of esters is 2. The Labute approximate surface area is 99.7 Å². The number of rotatable bonds is 5. The minimum atomic E-state index is -0.873. The predicted octanol–water partition coefficient (Wildman–Crippen LogP) is 2.02. The third kappa shape index (κ3) is 3.94. The van der Waals surface area contributed by atoms with Crippen LogP contribution in [0.25, 0.3) is 0 Å². The van der Waals surface area contributed by atoms with E-state index in [1.54, 1.807) is 0 Å². The average Bonchev–Trinajstić information content (AvgIpc) is 2.79. The fourth-order valence-electron chi connectivity index (χ4n) is 1.33. The summed E-state index contributed by atoms with van der Waals surface area (Å²) in [6, 6.07) is 1.48. The predicted molar refractivity (Wildman–Crippen MR) is 59.4 cm³/mol. The Morgan fingerprint density at radius 2 is 2.12 bits per heavy atom. The van der Waals surface area contributed by atoms with E-state index in [4.69, 9.17) is 9.15 Å². The lowest BCUT2D eigenvalue weighted by molar-refractivity contribution is -0.151. The molecule has 17 heavy (non-hydrogen) atoms. The van der Waals surface area contributed by atoms with Crippen molar-refractivity contribution in [2.75, 3.05) is 7.11 Å². The third-order valence-electron chi connectivity index (χ3n) is 2.16. The second-order valence-electron chi connectivity index (χ2n) is 4.06. The Bertz CT molecular complexity index is 366. The van der Waals surface area contributed by atoms with Gasteiger partial charge in [-0.05, 0) is 18.4 Å². The van der Waals surface area contributed by atoms with Gasteiger partial charge in [0.1, 0.15) is 6.26 Å². The highest BCUT2D eigenvalue weighted by Gasteiger charge is 2.25. The number of carbonyl (C=O) groups is 2. The van der Waals surface area contributed by atoms with Crippen LogP contribution in [0.5, 0.6) is 0 Å². The first-order valence-electron chi connectivity index (χ1n) is 5.35. The molecule has 0 aromatic carbocycles. The van der Waals surface area contributed by atoms with Crippen LogP contribution in [0.3, 0.4) is 0 Å². The van der Waals surface area contributed by atoms with Crippen LogP contribution in [0.2, 0.25) is 0 Å². The summed E-state index contributed by atoms with van der Waals surface area (Å²) in [5, 5.41) is 0. The average molecular weight is 240 g/mol. The first-order valence-corrected chi connectivity index (χ1v) is 5.35. The van der Waals surface area contributed by atoms with Gasteiger partial charge in [-0.3, -0.25) is 0 Å². The smallest absolute Gasteiger partial charge is 0.347 e. The molecule has 0 saturated heterocycles. The first kappa shape index (κ1) is 13.3. The summed E-state index contributed by atoms with van der Waals surface area (Å²) in [5.41, 5.74) is 0.280. The molecule has 94 valence electrons. The summed E-state index contributed by atoms with van der Waals surface area (Å²) in [4.78, 5) is 23.1. The number of furan rings is 1. The summed E-state index contributed by atoms with van der Waals surface area (Å²) in [7, 11) is 1.27. The molecule has 0 aliphatic heterocycles. The molecule has 0 aliphatic rings. The van der Waals surface area contributed by atoms with Crippen molar-refractivity contribution in [2.24, 2.45) is 5.92 Å². The van der Waals surface area contributed by atoms with E-state index in [0.717, 1.165) is 0 Å². The maximum atomic E-state index is 11.6. The van der Waals surface area contributed by atoms with Crippen LogP contribution < -0.4 is 0 Å². The fraction of sp³-hybridized carbons (Fsp3) is 0.500. The Balaban J connectivity index is 2.66. The number of hydrogen-bond donors (Lipinski definition) is 0. The molecule has 0 amide bonds. The van der Waals surface area contributed by atoms with E-state index in [1.165, 1.54) is 25.7 Å². The Morgan fingerprint density at radius 3 is 2.59 bits per heavy atom. The molecular formula is C12H16O5. The molecule has 0 saturated carbocycles. The first-order chi connectivity index (χ1) is 8.04. The zero-order valence-electron chi connectivity index (χ0n) is 10.1. The van der Waals surface area contributed by atoms with Crippen molar-refractivity contribution < 1.29 is 23.5 Å². The van der Waals surface area contributed by atoms with Gasteiger partial charge in [0.15, 0.2) is 6.10 Å². The van der Waals surface area contributed by atoms with Crippen molar-refractivity contribution in [3.05, 3.63) is 24.2 Å². The molecule has 1 unspecified atom stereocenters. The van der Waals surface area contributed by atoms with Crippen molar-refractivity contribution in [3.8, 4) is 0 Å². The van der Waals surface area contributed by atoms with Gasteiger partial charge in [-0.1, -0.05) is 13.8 Å². The summed E-state index contributed by atoms with van der Waals surface area (Å²) in [5.74, 6) is -0.915. The Morgan fingerprint density at radius 1 is 1.41 bits per heavy atom. The molecule has 1 rings (SSSR count). The van der Waals surface area contributed by atoms with Crippen LogP contribution in [-0.2, 0) is 14.3 Å². The second-order valence-corrected chi connectivity index (χ2v) is 4.06. The van der Waals surface area contributed by atoms with E-state index in [9.17, 15) is 9.59 Å². The minimum absolute atomic E-state index is 0.219. The van der Waals surface area contributed by atoms with E-state index in [-0.39, 0.29) is 11.5 Å². The number of ether oxygens (including phenoxy) is 2. The molecular weight excluding hydrogens is 224 g/mol. The standard InChI is InChI=1S/C12H16O5/c1-8(2)6-10(12(14)15-3)17-11(13)9-4-5-16-7-9/h4-5,7-8,10H,6H2,1-3H3. The molecule has 0 bridgehead atoms. The second kappa shape index (κ2) is 6.08. The van der Waals surface area contributed by atoms with E-state index < -0.39 is 18.0 Å². The number of methoxy groups -OCH3 is 1. The largest absolute Gasteiger partial charge is 0.472 e. The van der Waals surface area contributed by atoms with Gasteiger partial charge in [-0.15, -0.1) is 0 Å². The highest BCUT2D eigenvalue weighted by atomic mass is 16.6. The van der Waals surface area contributed by atoms with Crippen LogP contribution in [-0.4, -0.2) is 25.2 Å². The van der Waals surface area contributed by atoms with Gasteiger partial charge in [0.05, 0.1) is 18.9 Å². The maximum Gasteiger partial charge on any atom is 0.347 e. The van der Waals surface area contributed by atoms with Gasteiger partial charge in [-0.2, -0.15) is 0 Å². The quantitative estimate of drug-likeness (QED) is 0.737. The number of hydrogen-bond acceptors (Lipinski definition) is 5.